The van der Waals surface area contributed by atoms with Crippen molar-refractivity contribution in [2.24, 2.45) is 0 Å². The van der Waals surface area contributed by atoms with Crippen molar-refractivity contribution in [1.82, 2.24) is 0 Å². The van der Waals surface area contributed by atoms with Crippen LogP contribution in [0.15, 0.2) is 0 Å². The van der Waals surface area contributed by atoms with E-state index in [9.17, 15) is 18.7 Å². The van der Waals surface area contributed by atoms with Crippen LogP contribution in [0.5, 0.6) is 0 Å². The third-order valence-electron chi connectivity index (χ3n) is 0.896. The molecule has 0 aromatic heterocycles. The Kier molecular flexibility index (Phi) is 2.08. The van der Waals surface area contributed by atoms with Crippen LogP contribution in [0.25, 0.3) is 0 Å². The molecule has 0 aliphatic heterocycles. The predicted molar refractivity (Wildman–Crippen MR) is 22.3 cm³/mol. The van der Waals surface area contributed by atoms with E-state index < -0.39 is 17.9 Å². The van der Waals surface area contributed by atoms with Gasteiger partial charge in [0, 0.05) is 6.92 Å². The maximum atomic E-state index is 11.9. The Hall–Kier alpha value is -0.710. The maximum Gasteiger partial charge on any atom is 0.301 e. The summed E-state index contributed by atoms with van der Waals surface area (Å²) < 4.78 is 23.8. The topological polar surface area (TPSA) is 67.8 Å². The normalized spacial score (nSPS) is 15.1. The summed E-state index contributed by atoms with van der Waals surface area (Å²) in [5, 5.41) is 9.69. The van der Waals surface area contributed by atoms with Crippen molar-refractivity contribution in [2.45, 2.75) is 18.9 Å². The molecule has 1 atom stereocenters. The summed E-state index contributed by atoms with van der Waals surface area (Å²) in [5.41, 5.74) is 2.70. The molecule has 0 aromatic rings. The molecule has 54 valence electrons. The fourth-order valence-electron chi connectivity index (χ4n) is 0.207. The minimum atomic E-state index is -3.29. The van der Waals surface area contributed by atoms with E-state index in [-0.39, 0.29) is 0 Å². The Morgan fingerprint density at radius 1 is 1.78 bits per heavy atom. The van der Waals surface area contributed by atoms with Gasteiger partial charge >= 0.3 is 5.92 Å². The van der Waals surface area contributed by atoms with E-state index in [1.807, 2.05) is 0 Å². The van der Waals surface area contributed by atoms with E-state index in [0.717, 1.165) is 0 Å². The van der Waals surface area contributed by atoms with Crippen molar-refractivity contribution >= 4 is 5.97 Å². The molecule has 0 amide bonds. The van der Waals surface area contributed by atoms with Gasteiger partial charge in [0.25, 0.3) is 0 Å². The van der Waals surface area contributed by atoms with Crippen LogP contribution in [0.1, 0.15) is 6.92 Å². The lowest BCUT2D eigenvalue weighted by atomic mass is 10.2. The zero-order valence-corrected chi connectivity index (χ0v) is 4.86. The van der Waals surface area contributed by atoms with Crippen LogP contribution >= 0.6 is 0 Å². The number of hydrogen-bond donors (Lipinski definition) is 1. The van der Waals surface area contributed by atoms with E-state index in [2.05, 4.69) is 5.73 Å². The van der Waals surface area contributed by atoms with E-state index >= 15 is 0 Å². The highest BCUT2D eigenvalue weighted by Gasteiger charge is 2.35. The van der Waals surface area contributed by atoms with Gasteiger partial charge in [0.05, 0.1) is 0 Å². The molecule has 0 rings (SSSR count). The molecule has 0 aliphatic carbocycles. The molecular formula is C4H7F2NO2. The first-order chi connectivity index (χ1) is 3.85. The number of carbonyl (C=O) groups is 1. The number of carboxylic acids is 1. The summed E-state index contributed by atoms with van der Waals surface area (Å²) in [5.74, 6) is -5.12. The van der Waals surface area contributed by atoms with Crippen molar-refractivity contribution in [3.05, 3.63) is 0 Å². The summed E-state index contributed by atoms with van der Waals surface area (Å²) in [4.78, 5) is 9.69. The first-order valence-electron chi connectivity index (χ1n) is 2.27. The van der Waals surface area contributed by atoms with Crippen molar-refractivity contribution in [1.29, 1.82) is 0 Å². The zero-order chi connectivity index (χ0) is 7.65. The third-order valence-corrected chi connectivity index (χ3v) is 0.896. The molecule has 0 saturated carbocycles. The van der Waals surface area contributed by atoms with Crippen molar-refractivity contribution in [3.8, 4) is 0 Å². The average Bonchev–Trinajstić information content (AvgIpc) is 1.62. The molecule has 0 bridgehead atoms. The Balaban J connectivity index is 4.04. The Morgan fingerprint density at radius 2 is 2.11 bits per heavy atom. The fraction of sp³-hybridized carbons (Fsp3) is 0.750. The number of hydrogen-bond acceptors (Lipinski definition) is 2. The number of quaternary nitrogens is 1. The van der Waals surface area contributed by atoms with Crippen LogP contribution in [0, 0.1) is 0 Å². The molecule has 3 N–H and O–H groups in total. The summed E-state index contributed by atoms with van der Waals surface area (Å²) in [6.07, 6.45) is 0. The van der Waals surface area contributed by atoms with Gasteiger partial charge in [-0.15, -0.1) is 0 Å². The minimum absolute atomic E-state index is 0.487. The highest BCUT2D eigenvalue weighted by Crippen LogP contribution is 2.12. The van der Waals surface area contributed by atoms with E-state index in [1.165, 1.54) is 0 Å². The second-order valence-corrected chi connectivity index (χ2v) is 1.83. The maximum absolute atomic E-state index is 11.9. The molecule has 9 heavy (non-hydrogen) atoms. The van der Waals surface area contributed by atoms with Gasteiger partial charge in [0.1, 0.15) is 5.97 Å². The number of halogens is 2. The average molecular weight is 139 g/mol. The molecule has 0 radical (unpaired) electrons. The predicted octanol–water partition coefficient (Wildman–Crippen LogP) is -2.00. The quantitative estimate of drug-likeness (QED) is 0.481. The van der Waals surface area contributed by atoms with Crippen LogP contribution in [0.4, 0.5) is 8.78 Å². The smallest absolute Gasteiger partial charge is 0.301 e. The standard InChI is InChI=1S/C4H7F2NO2/c1-4(5,6)2(7)3(8)9/h2H,7H2,1H3,(H,8,9)/t2-/m0/s1. The van der Waals surface area contributed by atoms with Crippen LogP contribution in [-0.4, -0.2) is 17.9 Å². The molecule has 0 fully saturated rings. The number of carbonyl (C=O) groups excluding carboxylic acids is 1. The second-order valence-electron chi connectivity index (χ2n) is 1.83. The summed E-state index contributed by atoms with van der Waals surface area (Å²) >= 11 is 0. The van der Waals surface area contributed by atoms with E-state index in [1.54, 1.807) is 0 Å². The van der Waals surface area contributed by atoms with Gasteiger partial charge in [0.15, 0.2) is 6.04 Å². The first-order valence-corrected chi connectivity index (χ1v) is 2.27. The van der Waals surface area contributed by atoms with E-state index in [4.69, 9.17) is 0 Å². The van der Waals surface area contributed by atoms with Crippen LogP contribution < -0.4 is 10.8 Å². The van der Waals surface area contributed by atoms with Crippen LogP contribution in [0.3, 0.4) is 0 Å². The van der Waals surface area contributed by atoms with Gasteiger partial charge in [-0.05, 0) is 0 Å². The van der Waals surface area contributed by atoms with Crippen molar-refractivity contribution < 1.29 is 24.4 Å². The van der Waals surface area contributed by atoms with Crippen molar-refractivity contribution in [2.75, 3.05) is 0 Å². The van der Waals surface area contributed by atoms with Crippen LogP contribution in [0.2, 0.25) is 0 Å². The Morgan fingerprint density at radius 3 is 2.11 bits per heavy atom. The molecule has 3 nitrogen and oxygen atoms in total. The SMILES string of the molecule is CC(F)(F)[C@@H]([NH3+])C(=O)[O-]. The van der Waals surface area contributed by atoms with Gasteiger partial charge < -0.3 is 15.6 Å². The Bertz CT molecular complexity index is 120. The largest absolute Gasteiger partial charge is 0.544 e. The third kappa shape index (κ3) is 2.36. The molecule has 0 spiro atoms. The minimum Gasteiger partial charge on any atom is -0.544 e. The van der Waals surface area contributed by atoms with Gasteiger partial charge in [-0.3, -0.25) is 0 Å². The van der Waals surface area contributed by atoms with Gasteiger partial charge in [-0.1, -0.05) is 0 Å². The highest BCUT2D eigenvalue weighted by atomic mass is 19.3. The molecule has 0 aliphatic rings. The summed E-state index contributed by atoms with van der Waals surface area (Å²) in [6.45, 7) is 0.487. The molecule has 5 heteroatoms. The molecular weight excluding hydrogens is 132 g/mol. The van der Waals surface area contributed by atoms with Crippen LogP contribution in [-0.2, 0) is 4.79 Å². The zero-order valence-electron chi connectivity index (χ0n) is 4.86. The molecule has 0 saturated heterocycles. The first kappa shape index (κ1) is 8.29. The van der Waals surface area contributed by atoms with Gasteiger partial charge in [0.2, 0.25) is 0 Å². The second kappa shape index (κ2) is 2.26. The van der Waals surface area contributed by atoms with Crippen molar-refractivity contribution in [3.63, 3.8) is 0 Å². The highest BCUT2D eigenvalue weighted by molar-refractivity contribution is 5.70. The Labute approximate surface area is 50.5 Å². The lowest BCUT2D eigenvalue weighted by Gasteiger charge is -2.15. The summed E-state index contributed by atoms with van der Waals surface area (Å²) in [7, 11) is 0. The number of carboxylic acid groups (broad SMARTS) is 1. The monoisotopic (exact) mass is 139 g/mol. The van der Waals surface area contributed by atoms with Gasteiger partial charge in [-0.2, -0.15) is 8.78 Å². The lowest BCUT2D eigenvalue weighted by molar-refractivity contribution is -0.469. The molecule has 0 aromatic carbocycles. The molecule has 0 unspecified atom stereocenters. The lowest BCUT2D eigenvalue weighted by Crippen LogP contribution is -2.74. The number of alkyl halides is 2. The van der Waals surface area contributed by atoms with E-state index in [0.29, 0.717) is 6.92 Å². The number of rotatable bonds is 2. The fourth-order valence-corrected chi connectivity index (χ4v) is 0.207. The van der Waals surface area contributed by atoms with Gasteiger partial charge in [-0.25, -0.2) is 0 Å². The summed E-state index contributed by atoms with van der Waals surface area (Å²) in [6, 6.07) is -1.96. The number of aliphatic carboxylic acids is 1. The molecule has 0 heterocycles.